The van der Waals surface area contributed by atoms with E-state index in [1.807, 2.05) is 6.92 Å². The third kappa shape index (κ3) is 4.32. The fourth-order valence-electron chi connectivity index (χ4n) is 1.36. The molecule has 0 fully saturated rings. The summed E-state index contributed by atoms with van der Waals surface area (Å²) < 4.78 is 5.15. The second-order valence-corrected chi connectivity index (χ2v) is 3.58. The molecule has 0 radical (unpaired) electrons. The molecule has 0 atom stereocenters. The van der Waals surface area contributed by atoms with E-state index in [4.69, 9.17) is 10.5 Å². The van der Waals surface area contributed by atoms with E-state index in [-0.39, 0.29) is 11.7 Å². The highest BCUT2D eigenvalue weighted by atomic mass is 16.5. The summed E-state index contributed by atoms with van der Waals surface area (Å²) in [5.74, 6) is -0.256. The van der Waals surface area contributed by atoms with E-state index in [2.05, 4.69) is 5.32 Å². The first-order valence-corrected chi connectivity index (χ1v) is 5.59. The van der Waals surface area contributed by atoms with E-state index in [1.54, 1.807) is 0 Å². The SMILES string of the molecule is CCOCCCNC(=O)c1cc(O)ccc1N. The van der Waals surface area contributed by atoms with Crippen molar-refractivity contribution in [2.24, 2.45) is 0 Å². The van der Waals surface area contributed by atoms with Gasteiger partial charge in [0.15, 0.2) is 0 Å². The first kappa shape index (κ1) is 13.3. The number of nitrogens with one attached hydrogen (secondary N) is 1. The Bertz CT molecular complexity index is 380. The van der Waals surface area contributed by atoms with Gasteiger partial charge in [0.2, 0.25) is 0 Å². The number of ether oxygens (including phenoxy) is 1. The molecule has 1 amide bonds. The Kier molecular flexibility index (Phi) is 5.29. The highest BCUT2D eigenvalue weighted by Crippen LogP contribution is 2.18. The molecule has 5 heteroatoms. The molecule has 0 aliphatic heterocycles. The molecule has 5 nitrogen and oxygen atoms in total. The molecule has 0 spiro atoms. The van der Waals surface area contributed by atoms with Crippen LogP contribution in [0.3, 0.4) is 0 Å². The summed E-state index contributed by atoms with van der Waals surface area (Å²) in [5, 5.41) is 12.0. The van der Waals surface area contributed by atoms with E-state index in [0.29, 0.717) is 31.0 Å². The maximum absolute atomic E-state index is 11.7. The van der Waals surface area contributed by atoms with E-state index in [0.717, 1.165) is 6.42 Å². The lowest BCUT2D eigenvalue weighted by atomic mass is 10.1. The van der Waals surface area contributed by atoms with Crippen LogP contribution in [0.1, 0.15) is 23.7 Å². The number of phenols is 1. The molecular formula is C12H18N2O3. The number of phenolic OH excluding ortho intramolecular Hbond substituents is 1. The highest BCUT2D eigenvalue weighted by molar-refractivity contribution is 5.99. The monoisotopic (exact) mass is 238 g/mol. The maximum atomic E-state index is 11.7. The molecule has 4 N–H and O–H groups in total. The minimum Gasteiger partial charge on any atom is -0.508 e. The molecule has 0 heterocycles. The van der Waals surface area contributed by atoms with Crippen molar-refractivity contribution in [2.45, 2.75) is 13.3 Å². The van der Waals surface area contributed by atoms with Crippen molar-refractivity contribution in [3.05, 3.63) is 23.8 Å². The first-order valence-electron chi connectivity index (χ1n) is 5.59. The Balaban J connectivity index is 2.44. The third-order valence-corrected chi connectivity index (χ3v) is 2.24. The number of carbonyl (C=O) groups is 1. The molecular weight excluding hydrogens is 220 g/mol. The second-order valence-electron chi connectivity index (χ2n) is 3.58. The second kappa shape index (κ2) is 6.75. The van der Waals surface area contributed by atoms with E-state index >= 15 is 0 Å². The summed E-state index contributed by atoms with van der Waals surface area (Å²) in [5.41, 5.74) is 6.29. The molecule has 94 valence electrons. The summed E-state index contributed by atoms with van der Waals surface area (Å²) in [6.45, 7) is 3.74. The van der Waals surface area contributed by atoms with Crippen LogP contribution in [0, 0.1) is 0 Å². The average molecular weight is 238 g/mol. The number of anilines is 1. The van der Waals surface area contributed by atoms with Crippen LogP contribution >= 0.6 is 0 Å². The Morgan fingerprint density at radius 2 is 2.29 bits per heavy atom. The lowest BCUT2D eigenvalue weighted by Crippen LogP contribution is -2.26. The predicted octanol–water partition coefficient (Wildman–Crippen LogP) is 1.13. The number of carbonyl (C=O) groups excluding carboxylic acids is 1. The molecule has 0 aliphatic carbocycles. The first-order chi connectivity index (χ1) is 8.15. The zero-order valence-electron chi connectivity index (χ0n) is 9.90. The Labute approximate surface area is 101 Å². The van der Waals surface area contributed by atoms with E-state index in [9.17, 15) is 9.90 Å². The van der Waals surface area contributed by atoms with Crippen LogP contribution < -0.4 is 11.1 Å². The molecule has 1 aromatic rings. The molecule has 0 saturated carbocycles. The van der Waals surface area contributed by atoms with Crippen LogP contribution in [-0.2, 0) is 4.74 Å². The maximum Gasteiger partial charge on any atom is 0.253 e. The van der Waals surface area contributed by atoms with E-state index < -0.39 is 0 Å². The van der Waals surface area contributed by atoms with E-state index in [1.165, 1.54) is 18.2 Å². The molecule has 0 saturated heterocycles. The van der Waals surface area contributed by atoms with Crippen LogP contribution in [-0.4, -0.2) is 30.8 Å². The zero-order valence-corrected chi connectivity index (χ0v) is 9.90. The van der Waals surface area contributed by atoms with Crippen molar-refractivity contribution < 1.29 is 14.6 Å². The van der Waals surface area contributed by atoms with Crippen LogP contribution in [0.25, 0.3) is 0 Å². The number of amides is 1. The lowest BCUT2D eigenvalue weighted by Gasteiger charge is -2.07. The Morgan fingerprint density at radius 1 is 1.53 bits per heavy atom. The fourth-order valence-corrected chi connectivity index (χ4v) is 1.36. The van der Waals surface area contributed by atoms with Crippen molar-refractivity contribution in [3.8, 4) is 5.75 Å². The molecule has 0 aromatic heterocycles. The lowest BCUT2D eigenvalue weighted by molar-refractivity contribution is 0.0945. The van der Waals surface area contributed by atoms with Crippen molar-refractivity contribution in [3.63, 3.8) is 0 Å². The largest absolute Gasteiger partial charge is 0.508 e. The number of benzene rings is 1. The van der Waals surface area contributed by atoms with Crippen molar-refractivity contribution in [1.29, 1.82) is 0 Å². The number of aromatic hydroxyl groups is 1. The topological polar surface area (TPSA) is 84.6 Å². The van der Waals surface area contributed by atoms with Gasteiger partial charge in [0, 0.05) is 25.4 Å². The van der Waals surface area contributed by atoms with Gasteiger partial charge in [-0.2, -0.15) is 0 Å². The van der Waals surface area contributed by atoms with Gasteiger partial charge in [0.05, 0.1) is 5.56 Å². The zero-order chi connectivity index (χ0) is 12.7. The van der Waals surface area contributed by atoms with Crippen molar-refractivity contribution in [2.75, 3.05) is 25.5 Å². The van der Waals surface area contributed by atoms with Gasteiger partial charge >= 0.3 is 0 Å². The molecule has 0 aliphatic rings. The van der Waals surface area contributed by atoms with Crippen molar-refractivity contribution >= 4 is 11.6 Å². The van der Waals surface area contributed by atoms with Crippen LogP contribution in [0.2, 0.25) is 0 Å². The number of hydrogen-bond donors (Lipinski definition) is 3. The minimum atomic E-state index is -0.283. The predicted molar refractivity (Wildman–Crippen MR) is 66.0 cm³/mol. The van der Waals surface area contributed by atoms with Crippen LogP contribution in [0.5, 0.6) is 5.75 Å². The van der Waals surface area contributed by atoms with Gasteiger partial charge in [-0.05, 0) is 31.5 Å². The third-order valence-electron chi connectivity index (χ3n) is 2.24. The minimum absolute atomic E-state index is 0.0265. The number of nitrogen functional groups attached to an aromatic ring is 1. The van der Waals surface area contributed by atoms with Gasteiger partial charge in [-0.15, -0.1) is 0 Å². The van der Waals surface area contributed by atoms with Gasteiger partial charge in [0.1, 0.15) is 5.75 Å². The van der Waals surface area contributed by atoms with Gasteiger partial charge in [-0.25, -0.2) is 0 Å². The number of hydrogen-bond acceptors (Lipinski definition) is 4. The van der Waals surface area contributed by atoms with Gasteiger partial charge in [-0.3, -0.25) is 4.79 Å². The van der Waals surface area contributed by atoms with Crippen molar-refractivity contribution in [1.82, 2.24) is 5.32 Å². The summed E-state index contributed by atoms with van der Waals surface area (Å²) in [4.78, 5) is 11.7. The molecule has 1 rings (SSSR count). The molecule has 17 heavy (non-hydrogen) atoms. The van der Waals surface area contributed by atoms with Gasteiger partial charge in [0.25, 0.3) is 5.91 Å². The standard InChI is InChI=1S/C12H18N2O3/c1-2-17-7-3-6-14-12(16)10-8-9(15)4-5-11(10)13/h4-5,8,15H,2-3,6-7,13H2,1H3,(H,14,16). The molecule has 0 bridgehead atoms. The molecule has 1 aromatic carbocycles. The van der Waals surface area contributed by atoms with Gasteiger partial charge < -0.3 is 20.9 Å². The molecule has 0 unspecified atom stereocenters. The summed E-state index contributed by atoms with van der Waals surface area (Å²) in [6.07, 6.45) is 0.748. The number of rotatable bonds is 6. The van der Waals surface area contributed by atoms with Crippen LogP contribution in [0.4, 0.5) is 5.69 Å². The quantitative estimate of drug-likeness (QED) is 0.394. The fraction of sp³-hybridized carbons (Fsp3) is 0.417. The smallest absolute Gasteiger partial charge is 0.253 e. The van der Waals surface area contributed by atoms with Gasteiger partial charge in [-0.1, -0.05) is 0 Å². The highest BCUT2D eigenvalue weighted by Gasteiger charge is 2.09. The summed E-state index contributed by atoms with van der Waals surface area (Å²) in [7, 11) is 0. The Hall–Kier alpha value is -1.75. The summed E-state index contributed by atoms with van der Waals surface area (Å²) in [6, 6.07) is 4.30. The average Bonchev–Trinajstić information content (AvgIpc) is 2.32. The van der Waals surface area contributed by atoms with Crippen LogP contribution in [0.15, 0.2) is 18.2 Å². The number of nitrogens with two attached hydrogens (primary N) is 1. The normalized spacial score (nSPS) is 10.2. The summed E-state index contributed by atoms with van der Waals surface area (Å²) >= 11 is 0. The Morgan fingerprint density at radius 3 is 3.00 bits per heavy atom.